The van der Waals surface area contributed by atoms with E-state index in [-0.39, 0.29) is 6.04 Å². The molecule has 0 bridgehead atoms. The fourth-order valence-electron chi connectivity index (χ4n) is 4.26. The molecule has 1 fully saturated rings. The number of fused-ring (bicyclic) bond motifs is 2. The minimum atomic E-state index is 0.237. The van der Waals surface area contributed by atoms with E-state index in [2.05, 4.69) is 56.8 Å². The lowest BCUT2D eigenvalue weighted by Gasteiger charge is -2.35. The van der Waals surface area contributed by atoms with Gasteiger partial charge in [0, 0.05) is 51.0 Å². The Kier molecular flexibility index (Phi) is 3.95. The molecular weight excluding hydrogens is 336 g/mol. The molecule has 0 spiro atoms. The van der Waals surface area contributed by atoms with Crippen molar-refractivity contribution in [1.29, 1.82) is 0 Å². The predicted octanol–water partition coefficient (Wildman–Crippen LogP) is 2.45. The summed E-state index contributed by atoms with van der Waals surface area (Å²) in [6.07, 6.45) is 3.91. The molecule has 0 amide bonds. The molecule has 0 radical (unpaired) electrons. The molecule has 1 saturated heterocycles. The average molecular weight is 360 g/mol. The number of hydrogen-bond acceptors (Lipinski definition) is 4. The molecule has 1 N–H and O–H groups in total. The third-order valence-corrected chi connectivity index (χ3v) is 5.69. The van der Waals surface area contributed by atoms with E-state index >= 15 is 0 Å². The fraction of sp³-hybridized carbons (Fsp3) is 0.333. The average Bonchev–Trinajstić information content (AvgIpc) is 3.26. The Labute approximate surface area is 158 Å². The summed E-state index contributed by atoms with van der Waals surface area (Å²) < 4.78 is 3.86. The highest BCUT2D eigenvalue weighted by Crippen LogP contribution is 2.32. The van der Waals surface area contributed by atoms with Crippen LogP contribution in [0.15, 0.2) is 48.8 Å². The van der Waals surface area contributed by atoms with E-state index in [9.17, 15) is 0 Å². The minimum absolute atomic E-state index is 0.237. The highest BCUT2D eigenvalue weighted by Gasteiger charge is 2.25. The van der Waals surface area contributed by atoms with Gasteiger partial charge in [0.15, 0.2) is 0 Å². The Morgan fingerprint density at radius 2 is 1.33 bits per heavy atom. The van der Waals surface area contributed by atoms with Gasteiger partial charge in [-0.15, -0.1) is 0 Å². The van der Waals surface area contributed by atoms with Gasteiger partial charge in [-0.3, -0.25) is 14.3 Å². The van der Waals surface area contributed by atoms with Crippen LogP contribution in [-0.2, 0) is 14.1 Å². The molecule has 5 rings (SSSR count). The van der Waals surface area contributed by atoms with Crippen LogP contribution >= 0.6 is 0 Å². The Hall–Kier alpha value is -2.70. The quantitative estimate of drug-likeness (QED) is 0.610. The zero-order valence-corrected chi connectivity index (χ0v) is 15.8. The number of benzene rings is 2. The second-order valence-electron chi connectivity index (χ2n) is 7.36. The van der Waals surface area contributed by atoms with Crippen LogP contribution in [0.5, 0.6) is 0 Å². The maximum absolute atomic E-state index is 4.41. The highest BCUT2D eigenvalue weighted by atomic mass is 15.3. The first-order chi connectivity index (χ1) is 13.2. The molecular formula is C21H24N6. The predicted molar refractivity (Wildman–Crippen MR) is 108 cm³/mol. The van der Waals surface area contributed by atoms with Crippen molar-refractivity contribution in [3.8, 4) is 0 Å². The van der Waals surface area contributed by atoms with Crippen molar-refractivity contribution in [3.05, 3.63) is 59.9 Å². The van der Waals surface area contributed by atoms with E-state index in [0.29, 0.717) is 0 Å². The molecule has 138 valence electrons. The third kappa shape index (κ3) is 2.81. The van der Waals surface area contributed by atoms with Gasteiger partial charge in [0.25, 0.3) is 0 Å². The summed E-state index contributed by atoms with van der Waals surface area (Å²) in [7, 11) is 3.98. The number of nitrogens with one attached hydrogen (secondary N) is 1. The van der Waals surface area contributed by atoms with E-state index in [4.69, 9.17) is 0 Å². The molecule has 0 aliphatic carbocycles. The van der Waals surface area contributed by atoms with Gasteiger partial charge in [-0.05, 0) is 35.4 Å². The molecule has 1 aliphatic heterocycles. The first-order valence-corrected chi connectivity index (χ1v) is 9.49. The lowest BCUT2D eigenvalue weighted by molar-refractivity contribution is 0.198. The molecule has 0 unspecified atom stereocenters. The number of rotatable bonds is 3. The van der Waals surface area contributed by atoms with Gasteiger partial charge in [0.05, 0.1) is 29.5 Å². The molecule has 1 aliphatic rings. The van der Waals surface area contributed by atoms with Crippen LogP contribution in [0.25, 0.3) is 21.8 Å². The maximum atomic E-state index is 4.41. The van der Waals surface area contributed by atoms with Gasteiger partial charge in [-0.2, -0.15) is 10.2 Å². The smallest absolute Gasteiger partial charge is 0.0679 e. The van der Waals surface area contributed by atoms with Crippen molar-refractivity contribution in [3.63, 3.8) is 0 Å². The molecule has 2 aromatic heterocycles. The molecule has 4 aromatic rings. The second kappa shape index (κ2) is 6.48. The Morgan fingerprint density at radius 3 is 1.85 bits per heavy atom. The van der Waals surface area contributed by atoms with Crippen LogP contribution in [0.1, 0.15) is 17.2 Å². The van der Waals surface area contributed by atoms with Crippen molar-refractivity contribution < 1.29 is 0 Å². The van der Waals surface area contributed by atoms with Gasteiger partial charge in [0.1, 0.15) is 0 Å². The summed E-state index contributed by atoms with van der Waals surface area (Å²) in [5, 5.41) is 14.7. The van der Waals surface area contributed by atoms with Gasteiger partial charge >= 0.3 is 0 Å². The van der Waals surface area contributed by atoms with Crippen LogP contribution in [0.3, 0.4) is 0 Å². The molecule has 3 heterocycles. The summed E-state index contributed by atoms with van der Waals surface area (Å²) in [5.41, 5.74) is 4.97. The number of hydrogen-bond donors (Lipinski definition) is 1. The van der Waals surface area contributed by atoms with Crippen LogP contribution in [0.2, 0.25) is 0 Å². The number of piperazine rings is 1. The van der Waals surface area contributed by atoms with Gasteiger partial charge in [0.2, 0.25) is 0 Å². The van der Waals surface area contributed by atoms with Gasteiger partial charge in [-0.1, -0.05) is 12.1 Å². The summed E-state index contributed by atoms with van der Waals surface area (Å²) in [6.45, 7) is 4.14. The lowest BCUT2D eigenvalue weighted by atomic mass is 9.94. The first kappa shape index (κ1) is 16.5. The summed E-state index contributed by atoms with van der Waals surface area (Å²) in [6, 6.07) is 13.7. The van der Waals surface area contributed by atoms with Gasteiger partial charge < -0.3 is 5.32 Å². The third-order valence-electron chi connectivity index (χ3n) is 5.69. The fourth-order valence-corrected chi connectivity index (χ4v) is 4.26. The maximum Gasteiger partial charge on any atom is 0.0679 e. The minimum Gasteiger partial charge on any atom is -0.314 e. The Morgan fingerprint density at radius 1 is 0.815 bits per heavy atom. The SMILES string of the molecule is Cn1ncc2cc(C(c3ccc4c(cnn4C)c3)N3CCNCC3)ccc21. The van der Waals surface area contributed by atoms with Crippen molar-refractivity contribution in [2.45, 2.75) is 6.04 Å². The standard InChI is InChI=1S/C21H24N6/c1-25-19-5-3-15(11-17(19)13-23-25)21(27-9-7-22-8-10-27)16-4-6-20-18(12-16)14-24-26(20)2/h3-6,11-14,21-22H,7-10H2,1-2H3. The lowest BCUT2D eigenvalue weighted by Crippen LogP contribution is -2.45. The van der Waals surface area contributed by atoms with Crippen molar-refractivity contribution >= 4 is 21.8 Å². The number of aryl methyl sites for hydroxylation is 2. The molecule has 0 atom stereocenters. The first-order valence-electron chi connectivity index (χ1n) is 9.49. The van der Waals surface area contributed by atoms with E-state index in [1.165, 1.54) is 32.9 Å². The largest absolute Gasteiger partial charge is 0.314 e. The van der Waals surface area contributed by atoms with E-state index in [1.54, 1.807) is 0 Å². The summed E-state index contributed by atoms with van der Waals surface area (Å²) in [5.74, 6) is 0. The molecule has 6 heteroatoms. The monoisotopic (exact) mass is 360 g/mol. The van der Waals surface area contributed by atoms with Crippen molar-refractivity contribution in [2.75, 3.05) is 26.2 Å². The number of aromatic nitrogens is 4. The van der Waals surface area contributed by atoms with Crippen molar-refractivity contribution in [2.24, 2.45) is 14.1 Å². The van der Waals surface area contributed by atoms with Gasteiger partial charge in [-0.25, -0.2) is 0 Å². The molecule has 2 aromatic carbocycles. The van der Waals surface area contributed by atoms with Crippen molar-refractivity contribution in [1.82, 2.24) is 29.8 Å². The summed E-state index contributed by atoms with van der Waals surface area (Å²) in [4.78, 5) is 2.57. The zero-order valence-electron chi connectivity index (χ0n) is 15.8. The van der Waals surface area contributed by atoms with Crippen LogP contribution < -0.4 is 5.32 Å². The number of nitrogens with zero attached hydrogens (tertiary/aromatic N) is 5. The Bertz CT molecular complexity index is 1020. The molecule has 6 nitrogen and oxygen atoms in total. The van der Waals surface area contributed by atoms with E-state index in [1.807, 2.05) is 35.9 Å². The van der Waals surface area contributed by atoms with E-state index in [0.717, 1.165) is 26.2 Å². The van der Waals surface area contributed by atoms with Crippen LogP contribution in [0.4, 0.5) is 0 Å². The molecule has 27 heavy (non-hydrogen) atoms. The zero-order chi connectivity index (χ0) is 18.4. The highest BCUT2D eigenvalue weighted by molar-refractivity contribution is 5.81. The van der Waals surface area contributed by atoms with Crippen LogP contribution in [0, 0.1) is 0 Å². The topological polar surface area (TPSA) is 50.9 Å². The summed E-state index contributed by atoms with van der Waals surface area (Å²) >= 11 is 0. The molecule has 0 saturated carbocycles. The Balaban J connectivity index is 1.64. The second-order valence-corrected chi connectivity index (χ2v) is 7.36. The van der Waals surface area contributed by atoms with E-state index < -0.39 is 0 Å². The van der Waals surface area contributed by atoms with Crippen LogP contribution in [-0.4, -0.2) is 50.6 Å². The normalized spacial score (nSPS) is 16.0.